The Bertz CT molecular complexity index is 728. The smallest absolute Gasteiger partial charge is 0.233 e. The predicted octanol–water partition coefficient (Wildman–Crippen LogP) is 1.10. The van der Waals surface area contributed by atoms with Gasteiger partial charge in [0.2, 0.25) is 11.8 Å². The highest BCUT2D eigenvalue weighted by molar-refractivity contribution is 8.00. The Morgan fingerprint density at radius 2 is 2.32 bits per heavy atom. The number of furan rings is 1. The minimum atomic E-state index is -0.384. The molecule has 1 unspecified atom stereocenters. The number of carbonyl (C=O) groups is 2. The number of aromatic nitrogens is 3. The van der Waals surface area contributed by atoms with Crippen LogP contribution in [0.1, 0.15) is 37.3 Å². The van der Waals surface area contributed by atoms with Gasteiger partial charge in [-0.25, -0.2) is 0 Å². The Balaban J connectivity index is 1.81. The van der Waals surface area contributed by atoms with Crippen molar-refractivity contribution in [1.29, 1.82) is 0 Å². The highest BCUT2D eigenvalue weighted by Gasteiger charge is 2.25. The third-order valence-corrected chi connectivity index (χ3v) is 5.26. The van der Waals surface area contributed by atoms with E-state index in [1.54, 1.807) is 6.26 Å². The SMILES string of the molecule is NC(=O)CCc1nnc(SC2CCCCNC2=O)n1Cc1ccco1. The molecule has 0 saturated carbocycles. The first-order chi connectivity index (χ1) is 12.1. The molecule has 9 heteroatoms. The van der Waals surface area contributed by atoms with Crippen LogP contribution in [-0.2, 0) is 22.6 Å². The summed E-state index contributed by atoms with van der Waals surface area (Å²) in [6.07, 6.45) is 5.00. The monoisotopic (exact) mass is 363 g/mol. The van der Waals surface area contributed by atoms with Gasteiger partial charge in [-0.3, -0.25) is 14.2 Å². The van der Waals surface area contributed by atoms with Gasteiger partial charge in [-0.1, -0.05) is 18.2 Å². The van der Waals surface area contributed by atoms with Gasteiger partial charge in [0.25, 0.3) is 0 Å². The fourth-order valence-corrected chi connectivity index (χ4v) is 3.81. The summed E-state index contributed by atoms with van der Waals surface area (Å²) in [7, 11) is 0. The molecule has 0 radical (unpaired) electrons. The summed E-state index contributed by atoms with van der Waals surface area (Å²) in [5, 5.41) is 11.8. The first-order valence-corrected chi connectivity index (χ1v) is 9.18. The highest BCUT2D eigenvalue weighted by atomic mass is 32.2. The first kappa shape index (κ1) is 17.5. The van der Waals surface area contributed by atoms with Gasteiger partial charge in [-0.05, 0) is 25.0 Å². The van der Waals surface area contributed by atoms with Crippen LogP contribution in [0, 0.1) is 0 Å². The number of amides is 2. The van der Waals surface area contributed by atoms with Gasteiger partial charge in [0.05, 0.1) is 18.1 Å². The average Bonchev–Trinajstić information content (AvgIpc) is 3.17. The topological polar surface area (TPSA) is 116 Å². The van der Waals surface area contributed by atoms with Crippen molar-refractivity contribution >= 4 is 23.6 Å². The van der Waals surface area contributed by atoms with Gasteiger partial charge < -0.3 is 15.5 Å². The Hall–Kier alpha value is -2.29. The van der Waals surface area contributed by atoms with Gasteiger partial charge in [-0.15, -0.1) is 10.2 Å². The number of nitrogens with zero attached hydrogens (tertiary/aromatic N) is 3. The van der Waals surface area contributed by atoms with Gasteiger partial charge in [0.15, 0.2) is 5.16 Å². The standard InChI is InChI=1S/C16H21N5O3S/c17-13(22)6-7-14-19-20-16(21(14)10-11-4-3-9-24-11)25-12-5-1-2-8-18-15(12)23/h3-4,9,12H,1-2,5-8,10H2,(H2,17,22)(H,18,23). The zero-order valence-electron chi connectivity index (χ0n) is 13.8. The Labute approximate surface area is 149 Å². The van der Waals surface area contributed by atoms with Crippen LogP contribution in [0.2, 0.25) is 0 Å². The van der Waals surface area contributed by atoms with Crippen molar-refractivity contribution in [2.24, 2.45) is 5.73 Å². The molecule has 2 amide bonds. The molecule has 0 bridgehead atoms. The second-order valence-electron chi connectivity index (χ2n) is 5.92. The maximum atomic E-state index is 12.2. The summed E-state index contributed by atoms with van der Waals surface area (Å²) in [5.41, 5.74) is 5.25. The number of hydrogen-bond acceptors (Lipinski definition) is 6. The van der Waals surface area contributed by atoms with E-state index in [4.69, 9.17) is 10.2 Å². The van der Waals surface area contributed by atoms with Crippen LogP contribution >= 0.6 is 11.8 Å². The van der Waals surface area contributed by atoms with Crippen molar-refractivity contribution in [1.82, 2.24) is 20.1 Å². The molecule has 134 valence electrons. The maximum Gasteiger partial charge on any atom is 0.233 e. The molecule has 3 heterocycles. The van der Waals surface area contributed by atoms with E-state index in [-0.39, 0.29) is 23.5 Å². The third-order valence-electron chi connectivity index (χ3n) is 4.01. The predicted molar refractivity (Wildman–Crippen MR) is 91.9 cm³/mol. The fourth-order valence-electron chi connectivity index (χ4n) is 2.69. The number of rotatable bonds is 7. The second-order valence-corrected chi connectivity index (χ2v) is 7.09. The molecule has 3 rings (SSSR count). The minimum Gasteiger partial charge on any atom is -0.467 e. The van der Waals surface area contributed by atoms with Crippen LogP contribution in [0.3, 0.4) is 0 Å². The zero-order chi connectivity index (χ0) is 17.6. The zero-order valence-corrected chi connectivity index (χ0v) is 14.6. The molecule has 1 atom stereocenters. The Kier molecular flexibility index (Phi) is 5.75. The molecule has 25 heavy (non-hydrogen) atoms. The lowest BCUT2D eigenvalue weighted by Crippen LogP contribution is -2.30. The normalized spacial score (nSPS) is 17.9. The summed E-state index contributed by atoms with van der Waals surface area (Å²) in [6.45, 7) is 1.17. The maximum absolute atomic E-state index is 12.2. The lowest BCUT2D eigenvalue weighted by Gasteiger charge is -2.13. The van der Waals surface area contributed by atoms with Gasteiger partial charge in [0.1, 0.15) is 11.6 Å². The van der Waals surface area contributed by atoms with Crippen LogP contribution in [0.15, 0.2) is 28.0 Å². The number of nitrogens with two attached hydrogens (primary N) is 1. The summed E-state index contributed by atoms with van der Waals surface area (Å²) >= 11 is 1.41. The number of thioether (sulfide) groups is 1. The average molecular weight is 363 g/mol. The first-order valence-electron chi connectivity index (χ1n) is 8.30. The van der Waals surface area contributed by atoms with E-state index in [0.29, 0.717) is 23.9 Å². The van der Waals surface area contributed by atoms with E-state index in [2.05, 4.69) is 15.5 Å². The Morgan fingerprint density at radius 1 is 1.44 bits per heavy atom. The molecular weight excluding hydrogens is 342 g/mol. The van der Waals surface area contributed by atoms with Crippen molar-refractivity contribution in [3.05, 3.63) is 30.0 Å². The van der Waals surface area contributed by atoms with Crippen LogP contribution in [0.4, 0.5) is 0 Å². The second kappa shape index (κ2) is 8.19. The molecule has 0 aromatic carbocycles. The van der Waals surface area contributed by atoms with Crippen LogP contribution in [0.5, 0.6) is 0 Å². The van der Waals surface area contributed by atoms with E-state index >= 15 is 0 Å². The highest BCUT2D eigenvalue weighted by Crippen LogP contribution is 2.28. The molecule has 2 aromatic heterocycles. The molecule has 3 N–H and O–H groups in total. The third kappa shape index (κ3) is 4.62. The van der Waals surface area contributed by atoms with Crippen molar-refractivity contribution < 1.29 is 14.0 Å². The molecule has 1 aliphatic heterocycles. The molecule has 2 aromatic rings. The molecule has 0 aliphatic carbocycles. The molecule has 8 nitrogen and oxygen atoms in total. The van der Waals surface area contributed by atoms with Crippen LogP contribution in [-0.4, -0.2) is 38.4 Å². The van der Waals surface area contributed by atoms with E-state index in [1.807, 2.05) is 16.7 Å². The fraction of sp³-hybridized carbons (Fsp3) is 0.500. The van der Waals surface area contributed by atoms with Crippen molar-refractivity contribution in [3.63, 3.8) is 0 Å². The lowest BCUT2D eigenvalue weighted by molar-refractivity contribution is -0.120. The molecular formula is C16H21N5O3S. The number of hydrogen-bond donors (Lipinski definition) is 2. The quantitative estimate of drug-likeness (QED) is 0.761. The van der Waals surface area contributed by atoms with Gasteiger partial charge >= 0.3 is 0 Å². The van der Waals surface area contributed by atoms with E-state index in [9.17, 15) is 9.59 Å². The lowest BCUT2D eigenvalue weighted by atomic mass is 10.2. The van der Waals surface area contributed by atoms with Gasteiger partial charge in [0, 0.05) is 19.4 Å². The molecule has 1 aliphatic rings. The molecule has 0 spiro atoms. The number of aryl methyl sites for hydroxylation is 1. The van der Waals surface area contributed by atoms with Crippen molar-refractivity contribution in [3.8, 4) is 0 Å². The Morgan fingerprint density at radius 3 is 3.08 bits per heavy atom. The number of nitrogens with one attached hydrogen (secondary N) is 1. The largest absolute Gasteiger partial charge is 0.467 e. The van der Waals surface area contributed by atoms with E-state index in [0.717, 1.165) is 31.6 Å². The summed E-state index contributed by atoms with van der Waals surface area (Å²) in [4.78, 5) is 23.3. The van der Waals surface area contributed by atoms with E-state index in [1.165, 1.54) is 11.8 Å². The summed E-state index contributed by atoms with van der Waals surface area (Å²) < 4.78 is 7.31. The summed E-state index contributed by atoms with van der Waals surface area (Å²) in [6, 6.07) is 3.68. The van der Waals surface area contributed by atoms with Crippen LogP contribution in [0.25, 0.3) is 0 Å². The molecule has 1 saturated heterocycles. The molecule has 1 fully saturated rings. The number of carbonyl (C=O) groups excluding carboxylic acids is 2. The van der Waals surface area contributed by atoms with E-state index < -0.39 is 0 Å². The van der Waals surface area contributed by atoms with Crippen molar-refractivity contribution in [2.75, 3.05) is 6.54 Å². The summed E-state index contributed by atoms with van der Waals surface area (Å²) in [5.74, 6) is 1.07. The van der Waals surface area contributed by atoms with Crippen LogP contribution < -0.4 is 11.1 Å². The van der Waals surface area contributed by atoms with Gasteiger partial charge in [-0.2, -0.15) is 0 Å². The van der Waals surface area contributed by atoms with Crippen molar-refractivity contribution in [2.45, 2.75) is 49.1 Å². The number of primary amides is 1. The minimum absolute atomic E-state index is 0.0359.